The van der Waals surface area contributed by atoms with Crippen LogP contribution in [0, 0.1) is 11.8 Å². The number of ether oxygens (including phenoxy) is 3. The summed E-state index contributed by atoms with van der Waals surface area (Å²) in [6.45, 7) is 4.70. The molecule has 25 heavy (non-hydrogen) atoms. The number of carbonyl (C=O) groups is 2. The summed E-state index contributed by atoms with van der Waals surface area (Å²) in [5, 5.41) is 9.60. The first-order valence-corrected chi connectivity index (χ1v) is 9.68. The molecule has 144 valence electrons. The molecule has 0 aromatic heterocycles. The first-order valence-electron chi connectivity index (χ1n) is 9.68. The maximum atomic E-state index is 12.0. The summed E-state index contributed by atoms with van der Waals surface area (Å²) in [5.74, 6) is -0.622. The van der Waals surface area contributed by atoms with Gasteiger partial charge in [-0.05, 0) is 51.9 Å². The maximum Gasteiger partial charge on any atom is 0.309 e. The van der Waals surface area contributed by atoms with Gasteiger partial charge in [-0.25, -0.2) is 0 Å². The first-order chi connectivity index (χ1) is 12.0. The molecule has 2 aliphatic rings. The fraction of sp³-hybridized carbons (Fsp3) is 0.895. The predicted octanol–water partition coefficient (Wildman–Crippen LogP) is 2.61. The molecule has 2 rings (SSSR count). The Labute approximate surface area is 150 Å². The molecule has 6 heteroatoms. The molecule has 1 aliphatic carbocycles. The maximum absolute atomic E-state index is 12.0. The minimum Gasteiger partial charge on any atom is -0.465 e. The number of esters is 2. The third-order valence-electron chi connectivity index (χ3n) is 5.19. The van der Waals surface area contributed by atoms with Gasteiger partial charge in [0.1, 0.15) is 0 Å². The fourth-order valence-electron chi connectivity index (χ4n) is 3.35. The van der Waals surface area contributed by atoms with Gasteiger partial charge in [-0.1, -0.05) is 13.3 Å². The molecule has 0 aromatic carbocycles. The van der Waals surface area contributed by atoms with Gasteiger partial charge >= 0.3 is 11.9 Å². The van der Waals surface area contributed by atoms with Crippen molar-refractivity contribution in [2.45, 2.75) is 83.5 Å². The normalized spacial score (nSPS) is 29.7. The van der Waals surface area contributed by atoms with Gasteiger partial charge in [-0.15, -0.1) is 0 Å². The van der Waals surface area contributed by atoms with E-state index >= 15 is 0 Å². The molecule has 0 bridgehead atoms. The molecule has 1 saturated heterocycles. The largest absolute Gasteiger partial charge is 0.465 e. The van der Waals surface area contributed by atoms with Crippen LogP contribution in [0.25, 0.3) is 0 Å². The average molecular weight is 356 g/mol. The molecule has 6 nitrogen and oxygen atoms in total. The van der Waals surface area contributed by atoms with Crippen LogP contribution in [0.15, 0.2) is 0 Å². The molecule has 0 amide bonds. The fourth-order valence-corrected chi connectivity index (χ4v) is 3.35. The summed E-state index contributed by atoms with van der Waals surface area (Å²) in [7, 11) is 0. The molecule has 2 fully saturated rings. The van der Waals surface area contributed by atoms with E-state index in [1.807, 2.05) is 13.8 Å². The topological polar surface area (TPSA) is 85.4 Å². The molecule has 1 heterocycles. The lowest BCUT2D eigenvalue weighted by atomic mass is 9.87. The first kappa shape index (κ1) is 20.2. The zero-order valence-corrected chi connectivity index (χ0v) is 15.4. The Hall–Kier alpha value is -1.14. The van der Waals surface area contributed by atoms with Crippen molar-refractivity contribution in [1.29, 1.82) is 0 Å². The van der Waals surface area contributed by atoms with Crippen molar-refractivity contribution in [1.82, 2.24) is 0 Å². The van der Waals surface area contributed by atoms with Crippen molar-refractivity contribution in [2.24, 2.45) is 11.8 Å². The molecule has 0 radical (unpaired) electrons. The smallest absolute Gasteiger partial charge is 0.309 e. The molecule has 1 aliphatic heterocycles. The van der Waals surface area contributed by atoms with E-state index in [1.54, 1.807) is 0 Å². The van der Waals surface area contributed by atoms with Crippen molar-refractivity contribution < 1.29 is 28.9 Å². The van der Waals surface area contributed by atoms with Crippen molar-refractivity contribution >= 4 is 11.9 Å². The Balaban J connectivity index is 1.50. The van der Waals surface area contributed by atoms with Gasteiger partial charge in [0.15, 0.2) is 0 Å². The van der Waals surface area contributed by atoms with E-state index in [1.165, 1.54) is 0 Å². The van der Waals surface area contributed by atoms with E-state index in [2.05, 4.69) is 0 Å². The summed E-state index contributed by atoms with van der Waals surface area (Å²) in [5.41, 5.74) is 0. The van der Waals surface area contributed by atoms with Gasteiger partial charge in [-0.3, -0.25) is 9.59 Å². The molecule has 0 aromatic rings. The quantitative estimate of drug-likeness (QED) is 0.368. The molecular weight excluding hydrogens is 324 g/mol. The molecule has 5 unspecified atom stereocenters. The predicted molar refractivity (Wildman–Crippen MR) is 91.8 cm³/mol. The number of aliphatic hydroxyl groups excluding tert-OH is 1. The highest BCUT2D eigenvalue weighted by Crippen LogP contribution is 2.29. The number of hydrogen-bond donors (Lipinski definition) is 1. The van der Waals surface area contributed by atoms with E-state index in [0.717, 1.165) is 32.1 Å². The highest BCUT2D eigenvalue weighted by Gasteiger charge is 2.37. The summed E-state index contributed by atoms with van der Waals surface area (Å²) >= 11 is 0. The molecule has 5 atom stereocenters. The summed E-state index contributed by atoms with van der Waals surface area (Å²) in [4.78, 5) is 24.0. The highest BCUT2D eigenvalue weighted by atomic mass is 16.6. The number of epoxide rings is 1. The highest BCUT2D eigenvalue weighted by molar-refractivity contribution is 5.73. The Kier molecular flexibility index (Phi) is 8.16. The van der Waals surface area contributed by atoms with E-state index in [4.69, 9.17) is 14.2 Å². The Bertz CT molecular complexity index is 438. The summed E-state index contributed by atoms with van der Waals surface area (Å²) in [6, 6.07) is 0. The van der Waals surface area contributed by atoms with Crippen molar-refractivity contribution in [3.63, 3.8) is 0 Å². The van der Waals surface area contributed by atoms with Crippen molar-refractivity contribution in [2.75, 3.05) is 13.2 Å². The molecular formula is C19H32O6. The van der Waals surface area contributed by atoms with Crippen LogP contribution < -0.4 is 0 Å². The minimum absolute atomic E-state index is 0.0921. The monoisotopic (exact) mass is 356 g/mol. The van der Waals surface area contributed by atoms with Gasteiger partial charge < -0.3 is 19.3 Å². The third kappa shape index (κ3) is 6.94. The van der Waals surface area contributed by atoms with Crippen LogP contribution in [0.3, 0.4) is 0 Å². The zero-order valence-electron chi connectivity index (χ0n) is 15.4. The summed E-state index contributed by atoms with van der Waals surface area (Å²) in [6.07, 6.45) is 5.91. The van der Waals surface area contributed by atoms with E-state index in [0.29, 0.717) is 32.5 Å². The second-order valence-corrected chi connectivity index (χ2v) is 7.28. The van der Waals surface area contributed by atoms with Gasteiger partial charge in [0.25, 0.3) is 0 Å². The van der Waals surface area contributed by atoms with Crippen LogP contribution in [0.1, 0.15) is 65.2 Å². The Morgan fingerprint density at radius 2 is 1.88 bits per heavy atom. The van der Waals surface area contributed by atoms with Crippen LogP contribution in [-0.2, 0) is 23.8 Å². The zero-order chi connectivity index (χ0) is 18.2. The van der Waals surface area contributed by atoms with Crippen LogP contribution in [0.2, 0.25) is 0 Å². The lowest BCUT2D eigenvalue weighted by molar-refractivity contribution is -0.152. The number of hydrogen-bond acceptors (Lipinski definition) is 6. The molecule has 0 spiro atoms. The van der Waals surface area contributed by atoms with Gasteiger partial charge in [0.05, 0.1) is 43.4 Å². The van der Waals surface area contributed by atoms with Gasteiger partial charge in [0, 0.05) is 0 Å². The average Bonchev–Trinajstić information content (AvgIpc) is 3.30. The number of rotatable bonds is 10. The van der Waals surface area contributed by atoms with E-state index < -0.39 is 0 Å². The Morgan fingerprint density at radius 3 is 2.48 bits per heavy atom. The van der Waals surface area contributed by atoms with E-state index in [9.17, 15) is 14.7 Å². The van der Waals surface area contributed by atoms with E-state index in [-0.39, 0.29) is 42.1 Å². The second-order valence-electron chi connectivity index (χ2n) is 7.28. The van der Waals surface area contributed by atoms with Crippen LogP contribution >= 0.6 is 0 Å². The SMILES string of the molecule is CCC(CC1OC1C)C(=O)OCCCCOC(=O)C1CCCC(O)C1. The Morgan fingerprint density at radius 1 is 1.20 bits per heavy atom. The van der Waals surface area contributed by atoms with Crippen LogP contribution in [0.5, 0.6) is 0 Å². The van der Waals surface area contributed by atoms with Crippen molar-refractivity contribution in [3.8, 4) is 0 Å². The standard InChI is InChI=1S/C19H32O6/c1-3-14(12-17-13(2)25-17)18(21)23-9-4-5-10-24-19(22)15-7-6-8-16(20)11-15/h13-17,20H,3-12H2,1-2H3. The van der Waals surface area contributed by atoms with Crippen LogP contribution in [0.4, 0.5) is 0 Å². The van der Waals surface area contributed by atoms with Crippen LogP contribution in [-0.4, -0.2) is 48.6 Å². The minimum atomic E-state index is -0.374. The lowest BCUT2D eigenvalue weighted by Gasteiger charge is -2.24. The van der Waals surface area contributed by atoms with Gasteiger partial charge in [0.2, 0.25) is 0 Å². The number of carbonyl (C=O) groups excluding carboxylic acids is 2. The van der Waals surface area contributed by atoms with Gasteiger partial charge in [-0.2, -0.15) is 0 Å². The number of aliphatic hydroxyl groups is 1. The number of unbranched alkanes of at least 4 members (excludes halogenated alkanes) is 1. The second kappa shape index (κ2) is 10.1. The van der Waals surface area contributed by atoms with Crippen molar-refractivity contribution in [3.05, 3.63) is 0 Å². The summed E-state index contributed by atoms with van der Waals surface area (Å²) < 4.78 is 16.0. The molecule has 1 N–H and O–H groups in total. The third-order valence-corrected chi connectivity index (χ3v) is 5.19. The molecule has 1 saturated carbocycles. The lowest BCUT2D eigenvalue weighted by Crippen LogP contribution is -2.27.